The lowest BCUT2D eigenvalue weighted by atomic mass is 10.0. The molecule has 5 nitrogen and oxygen atoms in total. The Morgan fingerprint density at radius 1 is 1.42 bits per heavy atom. The fourth-order valence-corrected chi connectivity index (χ4v) is 1.82. The molecule has 1 heterocycles. The van der Waals surface area contributed by atoms with Crippen molar-refractivity contribution >= 4 is 5.95 Å². The molecule has 0 saturated heterocycles. The zero-order valence-corrected chi connectivity index (χ0v) is 12.5. The van der Waals surface area contributed by atoms with Crippen LogP contribution in [0.15, 0.2) is 6.07 Å². The Kier molecular flexibility index (Phi) is 5.54. The minimum atomic E-state index is -0.749. The molecule has 0 fully saturated rings. The second-order valence-electron chi connectivity index (χ2n) is 5.44. The van der Waals surface area contributed by atoms with Gasteiger partial charge in [-0.05, 0) is 34.1 Å². The van der Waals surface area contributed by atoms with Crippen molar-refractivity contribution < 1.29 is 9.84 Å². The zero-order chi connectivity index (χ0) is 14.5. The molecule has 1 unspecified atom stereocenters. The summed E-state index contributed by atoms with van der Waals surface area (Å²) in [6.45, 7) is 10.1. The van der Waals surface area contributed by atoms with E-state index in [1.54, 1.807) is 6.07 Å². The van der Waals surface area contributed by atoms with E-state index in [9.17, 15) is 5.11 Å². The van der Waals surface area contributed by atoms with Crippen molar-refractivity contribution in [1.29, 1.82) is 0 Å². The highest BCUT2D eigenvalue weighted by molar-refractivity contribution is 5.31. The summed E-state index contributed by atoms with van der Waals surface area (Å²) in [5.41, 5.74) is 0.0873. The average Bonchev–Trinajstić information content (AvgIpc) is 2.24. The predicted molar refractivity (Wildman–Crippen MR) is 76.6 cm³/mol. The van der Waals surface area contributed by atoms with Gasteiger partial charge in [-0.2, -0.15) is 4.98 Å². The van der Waals surface area contributed by atoms with Crippen LogP contribution < -0.4 is 10.1 Å². The molecule has 1 rings (SSSR count). The second-order valence-corrected chi connectivity index (χ2v) is 5.44. The molecule has 1 aromatic heterocycles. The standard InChI is InChI=1S/C14H25N3O2/c1-6-7-14(5,18)9-15-13-16-11(4)8-12(17-13)19-10(2)3/h8,10,18H,6-7,9H2,1-5H3,(H,15,16,17). The van der Waals surface area contributed by atoms with Crippen molar-refractivity contribution in [2.75, 3.05) is 11.9 Å². The van der Waals surface area contributed by atoms with E-state index in [4.69, 9.17) is 4.74 Å². The van der Waals surface area contributed by atoms with Crippen LogP contribution in [0, 0.1) is 6.92 Å². The van der Waals surface area contributed by atoms with Gasteiger partial charge in [-0.1, -0.05) is 13.3 Å². The highest BCUT2D eigenvalue weighted by Gasteiger charge is 2.19. The maximum absolute atomic E-state index is 10.1. The number of nitrogens with one attached hydrogen (secondary N) is 1. The molecule has 108 valence electrons. The lowest BCUT2D eigenvalue weighted by molar-refractivity contribution is 0.0634. The van der Waals surface area contributed by atoms with Crippen molar-refractivity contribution in [1.82, 2.24) is 9.97 Å². The van der Waals surface area contributed by atoms with Crippen LogP contribution in [-0.2, 0) is 0 Å². The molecular weight excluding hydrogens is 242 g/mol. The fraction of sp³-hybridized carbons (Fsp3) is 0.714. The summed E-state index contributed by atoms with van der Waals surface area (Å²) in [5, 5.41) is 13.2. The van der Waals surface area contributed by atoms with Crippen LogP contribution >= 0.6 is 0 Å². The molecule has 0 amide bonds. The number of aryl methyl sites for hydroxylation is 1. The summed E-state index contributed by atoms with van der Waals surface area (Å²) in [6.07, 6.45) is 1.75. The van der Waals surface area contributed by atoms with E-state index in [-0.39, 0.29) is 6.10 Å². The first kappa shape index (κ1) is 15.7. The first-order valence-electron chi connectivity index (χ1n) is 6.81. The van der Waals surface area contributed by atoms with Gasteiger partial charge in [0.25, 0.3) is 0 Å². The van der Waals surface area contributed by atoms with E-state index in [0.29, 0.717) is 18.4 Å². The quantitative estimate of drug-likeness (QED) is 0.794. The van der Waals surface area contributed by atoms with Gasteiger partial charge in [0.1, 0.15) is 0 Å². The molecule has 0 radical (unpaired) electrons. The number of rotatable bonds is 7. The van der Waals surface area contributed by atoms with Crippen LogP contribution in [0.5, 0.6) is 5.88 Å². The first-order valence-corrected chi connectivity index (χ1v) is 6.81. The van der Waals surface area contributed by atoms with Gasteiger partial charge in [0.05, 0.1) is 11.7 Å². The summed E-state index contributed by atoms with van der Waals surface area (Å²) in [4.78, 5) is 8.57. The molecule has 0 aliphatic heterocycles. The molecule has 1 aromatic rings. The van der Waals surface area contributed by atoms with E-state index in [1.165, 1.54) is 0 Å². The summed E-state index contributed by atoms with van der Waals surface area (Å²) in [6, 6.07) is 1.80. The summed E-state index contributed by atoms with van der Waals surface area (Å²) in [5.74, 6) is 1.05. The summed E-state index contributed by atoms with van der Waals surface area (Å²) < 4.78 is 5.56. The molecule has 0 saturated carbocycles. The van der Waals surface area contributed by atoms with Crippen LogP contribution in [0.1, 0.15) is 46.2 Å². The van der Waals surface area contributed by atoms with Crippen molar-refractivity contribution in [3.05, 3.63) is 11.8 Å². The Labute approximate surface area is 115 Å². The van der Waals surface area contributed by atoms with E-state index in [1.807, 2.05) is 34.6 Å². The molecule has 19 heavy (non-hydrogen) atoms. The summed E-state index contributed by atoms with van der Waals surface area (Å²) in [7, 11) is 0. The van der Waals surface area contributed by atoms with E-state index < -0.39 is 5.60 Å². The van der Waals surface area contributed by atoms with E-state index in [0.717, 1.165) is 18.5 Å². The summed E-state index contributed by atoms with van der Waals surface area (Å²) >= 11 is 0. The number of ether oxygens (including phenoxy) is 1. The highest BCUT2D eigenvalue weighted by atomic mass is 16.5. The van der Waals surface area contributed by atoms with Gasteiger partial charge < -0.3 is 15.2 Å². The highest BCUT2D eigenvalue weighted by Crippen LogP contribution is 2.16. The molecule has 0 aromatic carbocycles. The van der Waals surface area contributed by atoms with Crippen LogP contribution in [0.4, 0.5) is 5.95 Å². The zero-order valence-electron chi connectivity index (χ0n) is 12.5. The normalized spacial score (nSPS) is 14.3. The second kappa shape index (κ2) is 6.70. The SMILES string of the molecule is CCCC(C)(O)CNc1nc(C)cc(OC(C)C)n1. The van der Waals surface area contributed by atoms with Crippen LogP contribution in [0.2, 0.25) is 0 Å². The molecule has 0 aliphatic rings. The Bertz CT molecular complexity index is 406. The number of hydrogen-bond donors (Lipinski definition) is 2. The molecule has 0 spiro atoms. The Morgan fingerprint density at radius 2 is 2.11 bits per heavy atom. The molecule has 2 N–H and O–H groups in total. The van der Waals surface area contributed by atoms with Crippen LogP contribution in [0.3, 0.4) is 0 Å². The third kappa shape index (κ3) is 5.87. The van der Waals surface area contributed by atoms with Gasteiger partial charge in [0.2, 0.25) is 11.8 Å². The monoisotopic (exact) mass is 267 g/mol. The van der Waals surface area contributed by atoms with Gasteiger partial charge >= 0.3 is 0 Å². The van der Waals surface area contributed by atoms with Gasteiger partial charge in [0.15, 0.2) is 0 Å². The third-order valence-electron chi connectivity index (χ3n) is 2.60. The maximum atomic E-state index is 10.1. The van der Waals surface area contributed by atoms with Crippen molar-refractivity contribution in [2.24, 2.45) is 0 Å². The largest absolute Gasteiger partial charge is 0.475 e. The van der Waals surface area contributed by atoms with Crippen LogP contribution in [-0.4, -0.2) is 33.3 Å². The number of hydrogen-bond acceptors (Lipinski definition) is 5. The molecule has 1 atom stereocenters. The lowest BCUT2D eigenvalue weighted by Gasteiger charge is -2.23. The Hall–Kier alpha value is -1.36. The molecule has 0 bridgehead atoms. The van der Waals surface area contributed by atoms with E-state index in [2.05, 4.69) is 15.3 Å². The molecular formula is C14H25N3O2. The minimum absolute atomic E-state index is 0.0744. The molecule has 0 aliphatic carbocycles. The van der Waals surface area contributed by atoms with Gasteiger partial charge in [0, 0.05) is 18.3 Å². The Balaban J connectivity index is 2.70. The third-order valence-corrected chi connectivity index (χ3v) is 2.60. The van der Waals surface area contributed by atoms with Gasteiger partial charge in [-0.3, -0.25) is 0 Å². The smallest absolute Gasteiger partial charge is 0.226 e. The average molecular weight is 267 g/mol. The Morgan fingerprint density at radius 3 is 2.68 bits per heavy atom. The van der Waals surface area contributed by atoms with Crippen molar-refractivity contribution in [3.63, 3.8) is 0 Å². The number of anilines is 1. The molecule has 5 heteroatoms. The number of aromatic nitrogens is 2. The van der Waals surface area contributed by atoms with Gasteiger partial charge in [-0.25, -0.2) is 4.98 Å². The van der Waals surface area contributed by atoms with Crippen molar-refractivity contribution in [2.45, 2.75) is 59.2 Å². The predicted octanol–water partition coefficient (Wildman–Crippen LogP) is 2.54. The number of nitrogens with zero attached hydrogens (tertiary/aromatic N) is 2. The lowest BCUT2D eigenvalue weighted by Crippen LogP contribution is -2.33. The van der Waals surface area contributed by atoms with Crippen LogP contribution in [0.25, 0.3) is 0 Å². The van der Waals surface area contributed by atoms with Crippen molar-refractivity contribution in [3.8, 4) is 5.88 Å². The first-order chi connectivity index (χ1) is 8.82. The fourth-order valence-electron chi connectivity index (χ4n) is 1.82. The minimum Gasteiger partial charge on any atom is -0.475 e. The maximum Gasteiger partial charge on any atom is 0.226 e. The number of aliphatic hydroxyl groups is 1. The van der Waals surface area contributed by atoms with Gasteiger partial charge in [-0.15, -0.1) is 0 Å². The van der Waals surface area contributed by atoms with E-state index >= 15 is 0 Å². The topological polar surface area (TPSA) is 67.3 Å².